The van der Waals surface area contributed by atoms with Gasteiger partial charge in [0.15, 0.2) is 0 Å². The zero-order chi connectivity index (χ0) is 16.8. The summed E-state index contributed by atoms with van der Waals surface area (Å²) in [4.78, 5) is 11.9. The third-order valence-electron chi connectivity index (χ3n) is 4.13. The number of amides is 1. The number of carbonyl (C=O) groups is 1. The number of hydrogen-bond donors (Lipinski definition) is 2. The summed E-state index contributed by atoms with van der Waals surface area (Å²) in [6.45, 7) is 9.73. The minimum Gasteiger partial charge on any atom is -0.496 e. The normalized spacial score (nSPS) is 22.9. The number of carbonyl (C=O) groups excluding carboxylic acids is 1. The quantitative estimate of drug-likeness (QED) is 0.894. The summed E-state index contributed by atoms with van der Waals surface area (Å²) in [5.74, 6) is 0.739. The van der Waals surface area contributed by atoms with Crippen molar-refractivity contribution in [2.45, 2.75) is 52.2 Å². The van der Waals surface area contributed by atoms with Crippen LogP contribution in [0.25, 0.3) is 0 Å². The Morgan fingerprint density at radius 3 is 2.36 bits per heavy atom. The smallest absolute Gasteiger partial charge is 0.412 e. The fourth-order valence-electron chi connectivity index (χ4n) is 2.67. The molecule has 3 N–H and O–H groups in total. The predicted octanol–water partition coefficient (Wildman–Crippen LogP) is 3.63. The first-order valence-corrected chi connectivity index (χ1v) is 7.46. The van der Waals surface area contributed by atoms with E-state index in [-0.39, 0.29) is 5.41 Å². The van der Waals surface area contributed by atoms with Gasteiger partial charge in [-0.3, -0.25) is 5.32 Å². The number of ether oxygens (including phenoxy) is 2. The molecule has 1 unspecified atom stereocenters. The van der Waals surface area contributed by atoms with E-state index in [2.05, 4.69) is 19.2 Å². The van der Waals surface area contributed by atoms with Crippen LogP contribution in [0.2, 0.25) is 0 Å². The Balaban J connectivity index is 2.24. The molecule has 0 aromatic heterocycles. The molecule has 1 aliphatic carbocycles. The molecule has 2 rings (SSSR count). The third-order valence-corrected chi connectivity index (χ3v) is 4.13. The standard InChI is InChI=1S/C17H26N2O3/c1-15(2,3)22-14(20)19-11-7-8-13(21-6)12(9-11)17(18)10-16(17,4)5/h7-9H,10,18H2,1-6H3,(H,19,20). The van der Waals surface area contributed by atoms with Crippen LogP contribution >= 0.6 is 0 Å². The molecule has 5 heteroatoms. The molecular formula is C17H26N2O3. The van der Waals surface area contributed by atoms with Crippen molar-refractivity contribution in [3.8, 4) is 5.75 Å². The Morgan fingerprint density at radius 1 is 1.32 bits per heavy atom. The Kier molecular flexibility index (Phi) is 3.90. The van der Waals surface area contributed by atoms with E-state index < -0.39 is 17.2 Å². The van der Waals surface area contributed by atoms with Crippen LogP contribution < -0.4 is 15.8 Å². The van der Waals surface area contributed by atoms with Crippen LogP contribution in [0.3, 0.4) is 0 Å². The van der Waals surface area contributed by atoms with E-state index in [0.717, 1.165) is 17.7 Å². The van der Waals surface area contributed by atoms with E-state index in [1.54, 1.807) is 13.2 Å². The maximum absolute atomic E-state index is 11.9. The van der Waals surface area contributed by atoms with Gasteiger partial charge in [0, 0.05) is 11.3 Å². The summed E-state index contributed by atoms with van der Waals surface area (Å²) in [6, 6.07) is 5.48. The molecule has 1 aromatic rings. The molecular weight excluding hydrogens is 280 g/mol. The summed E-state index contributed by atoms with van der Waals surface area (Å²) in [5.41, 5.74) is 7.12. The number of methoxy groups -OCH3 is 1. The van der Waals surface area contributed by atoms with Gasteiger partial charge in [0.2, 0.25) is 0 Å². The predicted molar refractivity (Wildman–Crippen MR) is 87.1 cm³/mol. The highest BCUT2D eigenvalue weighted by Crippen LogP contribution is 2.62. The molecule has 0 heterocycles. The maximum Gasteiger partial charge on any atom is 0.412 e. The summed E-state index contributed by atoms with van der Waals surface area (Å²) >= 11 is 0. The second-order valence-electron chi connectivity index (χ2n) is 7.57. The van der Waals surface area contributed by atoms with Crippen LogP contribution in [-0.4, -0.2) is 18.8 Å². The highest BCUT2D eigenvalue weighted by atomic mass is 16.6. The lowest BCUT2D eigenvalue weighted by molar-refractivity contribution is 0.0636. The van der Waals surface area contributed by atoms with Gasteiger partial charge in [0.25, 0.3) is 0 Å². The zero-order valence-corrected chi connectivity index (χ0v) is 14.2. The first kappa shape index (κ1) is 16.6. The lowest BCUT2D eigenvalue weighted by Gasteiger charge is -2.22. The molecule has 5 nitrogen and oxygen atoms in total. The summed E-state index contributed by atoms with van der Waals surface area (Å²) in [5, 5.41) is 2.75. The van der Waals surface area contributed by atoms with Crippen LogP contribution in [0.5, 0.6) is 5.75 Å². The van der Waals surface area contributed by atoms with Crippen molar-refractivity contribution in [3.63, 3.8) is 0 Å². The van der Waals surface area contributed by atoms with Crippen LogP contribution in [0.15, 0.2) is 18.2 Å². The van der Waals surface area contributed by atoms with Gasteiger partial charge < -0.3 is 15.2 Å². The number of benzene rings is 1. The highest BCUT2D eigenvalue weighted by molar-refractivity contribution is 5.85. The summed E-state index contributed by atoms with van der Waals surface area (Å²) < 4.78 is 10.7. The molecule has 1 atom stereocenters. The van der Waals surface area contributed by atoms with Crippen LogP contribution in [-0.2, 0) is 10.3 Å². The Hall–Kier alpha value is -1.75. The number of anilines is 1. The lowest BCUT2D eigenvalue weighted by Crippen LogP contribution is -2.28. The first-order valence-electron chi connectivity index (χ1n) is 7.46. The van der Waals surface area contributed by atoms with Crippen molar-refractivity contribution >= 4 is 11.8 Å². The van der Waals surface area contributed by atoms with Crippen molar-refractivity contribution in [3.05, 3.63) is 23.8 Å². The number of hydrogen-bond acceptors (Lipinski definition) is 4. The fourth-order valence-corrected chi connectivity index (χ4v) is 2.67. The SMILES string of the molecule is COc1ccc(NC(=O)OC(C)(C)C)cc1C1(N)CC1(C)C. The molecule has 0 aliphatic heterocycles. The molecule has 1 aliphatic rings. The monoisotopic (exact) mass is 306 g/mol. The molecule has 1 aromatic carbocycles. The van der Waals surface area contributed by atoms with E-state index in [1.165, 1.54) is 0 Å². The molecule has 0 bridgehead atoms. The summed E-state index contributed by atoms with van der Waals surface area (Å²) in [7, 11) is 1.62. The molecule has 1 saturated carbocycles. The second-order valence-corrected chi connectivity index (χ2v) is 7.57. The van der Waals surface area contributed by atoms with Gasteiger partial charge in [-0.1, -0.05) is 13.8 Å². The van der Waals surface area contributed by atoms with Crippen molar-refractivity contribution in [1.29, 1.82) is 0 Å². The van der Waals surface area contributed by atoms with Crippen molar-refractivity contribution in [2.75, 3.05) is 12.4 Å². The second kappa shape index (κ2) is 5.16. The van der Waals surface area contributed by atoms with E-state index in [1.807, 2.05) is 32.9 Å². The van der Waals surface area contributed by atoms with Crippen molar-refractivity contribution in [2.24, 2.45) is 11.1 Å². The highest BCUT2D eigenvalue weighted by Gasteiger charge is 2.60. The fraction of sp³-hybridized carbons (Fsp3) is 0.588. The van der Waals surface area contributed by atoms with Gasteiger partial charge in [-0.2, -0.15) is 0 Å². The van der Waals surface area contributed by atoms with E-state index in [4.69, 9.17) is 15.2 Å². The average molecular weight is 306 g/mol. The molecule has 22 heavy (non-hydrogen) atoms. The minimum absolute atomic E-state index is 0.0187. The first-order chi connectivity index (χ1) is 9.98. The van der Waals surface area contributed by atoms with E-state index >= 15 is 0 Å². The largest absolute Gasteiger partial charge is 0.496 e. The molecule has 0 radical (unpaired) electrons. The topological polar surface area (TPSA) is 73.6 Å². The van der Waals surface area contributed by atoms with Crippen LogP contribution in [0.1, 0.15) is 46.6 Å². The van der Waals surface area contributed by atoms with E-state index in [0.29, 0.717) is 5.69 Å². The average Bonchev–Trinajstić information content (AvgIpc) is 2.87. The molecule has 122 valence electrons. The van der Waals surface area contributed by atoms with Gasteiger partial charge in [-0.25, -0.2) is 4.79 Å². The zero-order valence-electron chi connectivity index (χ0n) is 14.2. The number of nitrogens with two attached hydrogens (primary N) is 1. The van der Waals surface area contributed by atoms with Gasteiger partial charge in [0.1, 0.15) is 11.4 Å². The third kappa shape index (κ3) is 3.19. The summed E-state index contributed by atoms with van der Waals surface area (Å²) in [6.07, 6.45) is 0.399. The Bertz CT molecular complexity index is 590. The lowest BCUT2D eigenvalue weighted by atomic mass is 9.95. The Morgan fingerprint density at radius 2 is 1.91 bits per heavy atom. The van der Waals surface area contributed by atoms with Gasteiger partial charge in [0.05, 0.1) is 12.6 Å². The maximum atomic E-state index is 11.9. The van der Waals surface area contributed by atoms with Crippen molar-refractivity contribution < 1.29 is 14.3 Å². The van der Waals surface area contributed by atoms with Gasteiger partial charge in [-0.15, -0.1) is 0 Å². The molecule has 1 amide bonds. The molecule has 1 fully saturated rings. The van der Waals surface area contributed by atoms with Crippen LogP contribution in [0.4, 0.5) is 10.5 Å². The number of nitrogens with one attached hydrogen (secondary N) is 1. The van der Waals surface area contributed by atoms with Crippen molar-refractivity contribution in [1.82, 2.24) is 0 Å². The van der Waals surface area contributed by atoms with Gasteiger partial charge >= 0.3 is 6.09 Å². The Labute approximate surface area is 132 Å². The van der Waals surface area contributed by atoms with Crippen LogP contribution in [0, 0.1) is 5.41 Å². The minimum atomic E-state index is -0.535. The molecule has 0 saturated heterocycles. The number of rotatable bonds is 3. The van der Waals surface area contributed by atoms with E-state index in [9.17, 15) is 4.79 Å². The molecule has 0 spiro atoms. The van der Waals surface area contributed by atoms with Gasteiger partial charge in [-0.05, 0) is 50.8 Å².